The molecule has 0 aromatic heterocycles. The van der Waals surface area contributed by atoms with Crippen LogP contribution in [-0.2, 0) is 9.53 Å². The molecule has 0 saturated carbocycles. The molecular weight excluding hydrogens is 162 g/mol. The van der Waals surface area contributed by atoms with Crippen molar-refractivity contribution in [3.63, 3.8) is 0 Å². The van der Waals surface area contributed by atoms with E-state index in [1.807, 2.05) is 0 Å². The molecule has 62 valence electrons. The van der Waals surface area contributed by atoms with Gasteiger partial charge in [0, 0.05) is 5.57 Å². The largest absolute Gasteiger partial charge is 0.463 e. The minimum absolute atomic E-state index is 0.190. The highest BCUT2D eigenvalue weighted by Crippen LogP contribution is 1.95. The predicted molar refractivity (Wildman–Crippen MR) is 47.2 cm³/mol. The zero-order valence-electron chi connectivity index (χ0n) is 6.59. The van der Waals surface area contributed by atoms with Crippen molar-refractivity contribution in [2.45, 2.75) is 13.8 Å². The Labute approximate surface area is 71.2 Å². The van der Waals surface area contributed by atoms with E-state index >= 15 is 0 Å². The van der Waals surface area contributed by atoms with E-state index in [2.05, 4.69) is 17.0 Å². The van der Waals surface area contributed by atoms with Crippen molar-refractivity contribution in [2.75, 3.05) is 6.61 Å². The van der Waals surface area contributed by atoms with Gasteiger partial charge in [-0.2, -0.15) is 0 Å². The van der Waals surface area contributed by atoms with Crippen molar-refractivity contribution in [1.82, 2.24) is 0 Å². The summed E-state index contributed by atoms with van der Waals surface area (Å²) in [5.74, 6) is -0.375. The van der Waals surface area contributed by atoms with Crippen LogP contribution in [0.15, 0.2) is 11.6 Å². The van der Waals surface area contributed by atoms with Gasteiger partial charge in [-0.25, -0.2) is 4.79 Å². The average Bonchev–Trinajstić information content (AvgIpc) is 1.86. The van der Waals surface area contributed by atoms with Gasteiger partial charge in [0.2, 0.25) is 0 Å². The van der Waals surface area contributed by atoms with Gasteiger partial charge < -0.3 is 10.5 Å². The smallest absolute Gasteiger partial charge is 0.333 e. The Balaban J connectivity index is 4.12. The van der Waals surface area contributed by atoms with E-state index in [0.29, 0.717) is 12.2 Å². The SMILES string of the molecule is CCOC(=O)/C(C)=C/C(N)=S. The molecule has 0 radical (unpaired) electrons. The predicted octanol–water partition coefficient (Wildman–Crippen LogP) is 0.782. The Morgan fingerprint density at radius 3 is 2.64 bits per heavy atom. The molecule has 4 heteroatoms. The van der Waals surface area contributed by atoms with Crippen LogP contribution >= 0.6 is 12.2 Å². The summed E-state index contributed by atoms with van der Waals surface area (Å²) in [6.45, 7) is 3.71. The Morgan fingerprint density at radius 2 is 2.27 bits per heavy atom. The van der Waals surface area contributed by atoms with Gasteiger partial charge in [0.15, 0.2) is 0 Å². The van der Waals surface area contributed by atoms with Crippen LogP contribution in [0.25, 0.3) is 0 Å². The number of ether oxygens (including phenoxy) is 1. The first kappa shape index (κ1) is 10.1. The van der Waals surface area contributed by atoms with Gasteiger partial charge in [-0.1, -0.05) is 12.2 Å². The van der Waals surface area contributed by atoms with Gasteiger partial charge in [0.1, 0.15) is 0 Å². The molecule has 0 aromatic carbocycles. The third kappa shape index (κ3) is 4.50. The Bertz CT molecular complexity index is 199. The van der Waals surface area contributed by atoms with Crippen LogP contribution in [0, 0.1) is 0 Å². The lowest BCUT2D eigenvalue weighted by molar-refractivity contribution is -0.138. The van der Waals surface area contributed by atoms with E-state index in [1.54, 1.807) is 13.8 Å². The van der Waals surface area contributed by atoms with Crippen molar-refractivity contribution >= 4 is 23.2 Å². The second-order valence-electron chi connectivity index (χ2n) is 1.95. The number of hydrogen-bond donors (Lipinski definition) is 1. The fraction of sp³-hybridized carbons (Fsp3) is 0.429. The molecule has 0 heterocycles. The van der Waals surface area contributed by atoms with Crippen molar-refractivity contribution in [1.29, 1.82) is 0 Å². The quantitative estimate of drug-likeness (QED) is 0.389. The van der Waals surface area contributed by atoms with Gasteiger partial charge in [-0.3, -0.25) is 0 Å². The molecule has 0 bridgehead atoms. The Morgan fingerprint density at radius 1 is 1.73 bits per heavy atom. The molecule has 3 nitrogen and oxygen atoms in total. The lowest BCUT2D eigenvalue weighted by atomic mass is 10.3. The third-order valence-corrected chi connectivity index (χ3v) is 1.07. The molecule has 0 amide bonds. The van der Waals surface area contributed by atoms with E-state index < -0.39 is 0 Å². The number of carbonyl (C=O) groups excluding carboxylic acids is 1. The van der Waals surface area contributed by atoms with Crippen LogP contribution in [0.3, 0.4) is 0 Å². The number of carbonyl (C=O) groups is 1. The highest BCUT2D eigenvalue weighted by Gasteiger charge is 2.03. The molecule has 0 spiro atoms. The highest BCUT2D eigenvalue weighted by atomic mass is 32.1. The first-order chi connectivity index (χ1) is 5.07. The fourth-order valence-corrected chi connectivity index (χ4v) is 0.694. The molecular formula is C7H11NO2S. The van der Waals surface area contributed by atoms with Crippen LogP contribution in [0.5, 0.6) is 0 Å². The summed E-state index contributed by atoms with van der Waals surface area (Å²) in [4.78, 5) is 11.1. The van der Waals surface area contributed by atoms with E-state index in [9.17, 15) is 4.79 Å². The van der Waals surface area contributed by atoms with E-state index in [0.717, 1.165) is 0 Å². The molecule has 0 fully saturated rings. The maximum Gasteiger partial charge on any atom is 0.333 e. The highest BCUT2D eigenvalue weighted by molar-refractivity contribution is 7.80. The number of thiocarbonyl (C=S) groups is 1. The fourth-order valence-electron chi connectivity index (χ4n) is 0.517. The van der Waals surface area contributed by atoms with E-state index in [-0.39, 0.29) is 11.0 Å². The monoisotopic (exact) mass is 173 g/mol. The summed E-state index contributed by atoms with van der Waals surface area (Å²) >= 11 is 4.57. The molecule has 0 rings (SSSR count). The number of nitrogens with two attached hydrogens (primary N) is 1. The van der Waals surface area contributed by atoms with Crippen molar-refractivity contribution < 1.29 is 9.53 Å². The summed E-state index contributed by atoms with van der Waals surface area (Å²) in [5, 5.41) is 0. The number of esters is 1. The minimum Gasteiger partial charge on any atom is -0.463 e. The second kappa shape index (κ2) is 4.85. The Kier molecular flexibility index (Phi) is 4.45. The summed E-state index contributed by atoms with van der Waals surface area (Å²) in [6, 6.07) is 0. The van der Waals surface area contributed by atoms with Crippen molar-refractivity contribution in [2.24, 2.45) is 5.73 Å². The van der Waals surface area contributed by atoms with E-state index in [1.165, 1.54) is 6.08 Å². The number of hydrogen-bond acceptors (Lipinski definition) is 3. The molecule has 2 N–H and O–H groups in total. The first-order valence-electron chi connectivity index (χ1n) is 3.22. The Hall–Kier alpha value is -0.900. The maximum atomic E-state index is 10.9. The van der Waals surface area contributed by atoms with Crippen LogP contribution in [0.4, 0.5) is 0 Å². The van der Waals surface area contributed by atoms with Crippen molar-refractivity contribution in [3.05, 3.63) is 11.6 Å². The third-order valence-electron chi connectivity index (χ3n) is 0.956. The molecule has 0 aliphatic carbocycles. The molecule has 0 atom stereocenters. The average molecular weight is 173 g/mol. The summed E-state index contributed by atoms with van der Waals surface area (Å²) in [5.41, 5.74) is 5.60. The van der Waals surface area contributed by atoms with Crippen LogP contribution in [0.1, 0.15) is 13.8 Å². The van der Waals surface area contributed by atoms with Gasteiger partial charge in [0.05, 0.1) is 11.6 Å². The molecule has 11 heavy (non-hydrogen) atoms. The van der Waals surface area contributed by atoms with Gasteiger partial charge in [0.25, 0.3) is 0 Å². The van der Waals surface area contributed by atoms with Gasteiger partial charge >= 0.3 is 5.97 Å². The van der Waals surface area contributed by atoms with Gasteiger partial charge in [-0.15, -0.1) is 0 Å². The normalized spacial score (nSPS) is 10.9. The van der Waals surface area contributed by atoms with Crippen LogP contribution < -0.4 is 5.73 Å². The number of rotatable bonds is 3. The molecule has 0 aromatic rings. The van der Waals surface area contributed by atoms with Gasteiger partial charge in [-0.05, 0) is 19.9 Å². The molecule has 0 saturated heterocycles. The molecule has 0 unspecified atom stereocenters. The topological polar surface area (TPSA) is 52.3 Å². The lowest BCUT2D eigenvalue weighted by Crippen LogP contribution is -2.10. The standard InChI is InChI=1S/C7H11NO2S/c1-3-10-7(9)5(2)4-6(8)11/h4H,3H2,1-2H3,(H2,8,11)/b5-4+. The molecule has 0 aliphatic rings. The van der Waals surface area contributed by atoms with Crippen LogP contribution in [-0.4, -0.2) is 17.6 Å². The van der Waals surface area contributed by atoms with Crippen molar-refractivity contribution in [3.8, 4) is 0 Å². The summed E-state index contributed by atoms with van der Waals surface area (Å²) in [6.07, 6.45) is 1.41. The second-order valence-corrected chi connectivity index (χ2v) is 2.42. The van der Waals surface area contributed by atoms with E-state index in [4.69, 9.17) is 5.73 Å². The first-order valence-corrected chi connectivity index (χ1v) is 3.63. The lowest BCUT2D eigenvalue weighted by Gasteiger charge is -1.99. The molecule has 0 aliphatic heterocycles. The van der Waals surface area contributed by atoms with Crippen LogP contribution in [0.2, 0.25) is 0 Å². The zero-order valence-corrected chi connectivity index (χ0v) is 7.40. The maximum absolute atomic E-state index is 10.9. The zero-order chi connectivity index (χ0) is 8.85. The summed E-state index contributed by atoms with van der Waals surface area (Å²) in [7, 11) is 0. The summed E-state index contributed by atoms with van der Waals surface area (Å²) < 4.78 is 4.68. The minimum atomic E-state index is -0.375.